The number of alkyl halides is 1. The lowest BCUT2D eigenvalue weighted by atomic mass is 9.73. The summed E-state index contributed by atoms with van der Waals surface area (Å²) >= 11 is 0. The van der Waals surface area contributed by atoms with E-state index in [0.717, 1.165) is 62.1 Å². The lowest BCUT2D eigenvalue weighted by Gasteiger charge is -2.44. The summed E-state index contributed by atoms with van der Waals surface area (Å²) in [6, 6.07) is 17.8. The largest absolute Gasteiger partial charge is 0.489 e. The minimum absolute atomic E-state index is 0.00611. The molecule has 1 spiro atoms. The Bertz CT molecular complexity index is 1410. The number of fused-ring (bicyclic) bond motifs is 1. The molecule has 2 fully saturated rings. The van der Waals surface area contributed by atoms with Crippen molar-refractivity contribution in [3.05, 3.63) is 94.6 Å². The first-order valence-electron chi connectivity index (χ1n) is 16.3. The molecule has 0 amide bonds. The summed E-state index contributed by atoms with van der Waals surface area (Å²) < 4.78 is 53.9. The predicted octanol–water partition coefficient (Wildman–Crippen LogP) is 7.99. The normalized spacial score (nSPS) is 22.5. The molecule has 0 aromatic heterocycles. The van der Waals surface area contributed by atoms with E-state index in [-0.39, 0.29) is 18.2 Å². The van der Waals surface area contributed by atoms with E-state index < -0.39 is 23.3 Å². The summed E-state index contributed by atoms with van der Waals surface area (Å²) in [6.07, 6.45) is 6.20. The van der Waals surface area contributed by atoms with Gasteiger partial charge in [0.15, 0.2) is 0 Å². The Labute approximate surface area is 260 Å². The summed E-state index contributed by atoms with van der Waals surface area (Å²) in [4.78, 5) is 4.09. The molecular formula is C37H46F3N3O. The molecule has 3 aliphatic rings. The molecule has 3 aliphatic heterocycles. The van der Waals surface area contributed by atoms with Gasteiger partial charge in [-0.15, -0.1) is 0 Å². The second-order valence-electron chi connectivity index (χ2n) is 13.9. The van der Waals surface area contributed by atoms with Gasteiger partial charge in [-0.3, -0.25) is 4.90 Å². The lowest BCUT2D eigenvalue weighted by Crippen LogP contribution is -2.48. The van der Waals surface area contributed by atoms with Gasteiger partial charge < -0.3 is 15.0 Å². The van der Waals surface area contributed by atoms with Crippen LogP contribution in [0.5, 0.6) is 5.75 Å². The number of anilines is 1. The first-order valence-corrected chi connectivity index (χ1v) is 16.3. The molecule has 4 nitrogen and oxygen atoms in total. The van der Waals surface area contributed by atoms with Gasteiger partial charge in [0, 0.05) is 36.9 Å². The van der Waals surface area contributed by atoms with Crippen molar-refractivity contribution in [2.24, 2.45) is 5.41 Å². The fourth-order valence-electron chi connectivity index (χ4n) is 7.71. The van der Waals surface area contributed by atoms with Crippen LogP contribution in [0.4, 0.5) is 18.9 Å². The molecule has 236 valence electrons. The Hall–Kier alpha value is -3.03. The van der Waals surface area contributed by atoms with Gasteiger partial charge in [0.25, 0.3) is 0 Å². The zero-order valence-electron chi connectivity index (χ0n) is 26.4. The molecule has 2 saturated heterocycles. The fourth-order valence-corrected chi connectivity index (χ4v) is 7.71. The smallest absolute Gasteiger partial charge is 0.133 e. The van der Waals surface area contributed by atoms with Crippen LogP contribution in [0.15, 0.2) is 60.7 Å². The third-order valence-electron chi connectivity index (χ3n) is 10.0. The van der Waals surface area contributed by atoms with Gasteiger partial charge in [-0.25, -0.2) is 13.2 Å². The Kier molecular flexibility index (Phi) is 8.98. The number of halogens is 3. The van der Waals surface area contributed by atoms with E-state index in [0.29, 0.717) is 29.9 Å². The summed E-state index contributed by atoms with van der Waals surface area (Å²) in [6.45, 7) is 9.25. The zero-order valence-corrected chi connectivity index (χ0v) is 26.4. The van der Waals surface area contributed by atoms with Crippen LogP contribution in [0.2, 0.25) is 0 Å². The Morgan fingerprint density at radius 2 is 1.66 bits per heavy atom. The highest BCUT2D eigenvalue weighted by Crippen LogP contribution is 2.44. The summed E-state index contributed by atoms with van der Waals surface area (Å²) in [5.41, 5.74) is 2.23. The van der Waals surface area contributed by atoms with E-state index in [4.69, 9.17) is 4.74 Å². The van der Waals surface area contributed by atoms with Gasteiger partial charge in [-0.2, -0.15) is 0 Å². The number of nitrogens with zero attached hydrogens (tertiary/aromatic N) is 2. The minimum atomic E-state index is -1.54. The highest BCUT2D eigenvalue weighted by Gasteiger charge is 2.40. The molecule has 3 aromatic carbocycles. The predicted molar refractivity (Wildman–Crippen MR) is 171 cm³/mol. The Morgan fingerprint density at radius 1 is 0.932 bits per heavy atom. The van der Waals surface area contributed by atoms with Gasteiger partial charge in [-0.1, -0.05) is 36.4 Å². The van der Waals surface area contributed by atoms with Crippen molar-refractivity contribution >= 4 is 5.69 Å². The molecule has 0 radical (unpaired) electrons. The summed E-state index contributed by atoms with van der Waals surface area (Å²) in [7, 11) is 0. The molecule has 6 rings (SSSR count). The van der Waals surface area contributed by atoms with Crippen LogP contribution in [-0.2, 0) is 13.0 Å². The van der Waals surface area contributed by atoms with Crippen molar-refractivity contribution in [3.63, 3.8) is 0 Å². The second kappa shape index (κ2) is 12.8. The maximum Gasteiger partial charge on any atom is 0.133 e. The number of hydrogen-bond donors (Lipinski definition) is 1. The van der Waals surface area contributed by atoms with Crippen LogP contribution in [0, 0.1) is 17.0 Å². The minimum Gasteiger partial charge on any atom is -0.489 e. The first-order chi connectivity index (χ1) is 21.1. The van der Waals surface area contributed by atoms with E-state index >= 15 is 13.2 Å². The number of benzene rings is 3. The van der Waals surface area contributed by atoms with Gasteiger partial charge in [-0.05, 0) is 119 Å². The van der Waals surface area contributed by atoms with Gasteiger partial charge in [0.2, 0.25) is 0 Å². The molecule has 2 atom stereocenters. The quantitative estimate of drug-likeness (QED) is 0.296. The number of piperidine rings is 1. The van der Waals surface area contributed by atoms with Crippen molar-refractivity contribution in [3.8, 4) is 5.75 Å². The first kappa shape index (κ1) is 31.0. The van der Waals surface area contributed by atoms with E-state index in [9.17, 15) is 0 Å². The number of rotatable bonds is 7. The topological polar surface area (TPSA) is 27.7 Å². The highest BCUT2D eigenvalue weighted by molar-refractivity contribution is 5.52. The molecule has 1 unspecified atom stereocenters. The average Bonchev–Trinajstić information content (AvgIpc) is 3.19. The maximum atomic E-state index is 16.3. The number of hydrogen-bond acceptors (Lipinski definition) is 4. The van der Waals surface area contributed by atoms with Gasteiger partial charge in [0.1, 0.15) is 29.7 Å². The summed E-state index contributed by atoms with van der Waals surface area (Å²) in [5, 5.41) is 3.47. The molecule has 3 heterocycles. The van der Waals surface area contributed by atoms with Crippen LogP contribution >= 0.6 is 0 Å². The lowest BCUT2D eigenvalue weighted by molar-refractivity contribution is 0.0652. The third-order valence-corrected chi connectivity index (χ3v) is 10.0. The van der Waals surface area contributed by atoms with Crippen molar-refractivity contribution in [1.29, 1.82) is 0 Å². The molecular weight excluding hydrogens is 559 g/mol. The highest BCUT2D eigenvalue weighted by atomic mass is 19.1. The molecule has 7 heteroatoms. The van der Waals surface area contributed by atoms with Crippen molar-refractivity contribution in [2.45, 2.75) is 83.7 Å². The molecule has 0 bridgehead atoms. The van der Waals surface area contributed by atoms with Crippen LogP contribution < -0.4 is 15.0 Å². The van der Waals surface area contributed by atoms with Crippen LogP contribution in [0.3, 0.4) is 0 Å². The third kappa shape index (κ3) is 6.79. The molecule has 0 saturated carbocycles. The van der Waals surface area contributed by atoms with E-state index in [1.165, 1.54) is 38.8 Å². The van der Waals surface area contributed by atoms with E-state index in [2.05, 4.69) is 10.2 Å². The van der Waals surface area contributed by atoms with Crippen molar-refractivity contribution in [2.75, 3.05) is 37.6 Å². The second-order valence-corrected chi connectivity index (χ2v) is 13.9. The SMILES string of the molecule is C[C@@H]1Cc2cc(OCc3ccccc3)ccc2C(c2c(F)cc(N3CCCC4(CCNCC4)CC3)cc2F)N1CC(C)(C)F. The summed E-state index contributed by atoms with van der Waals surface area (Å²) in [5.74, 6) is -0.435. The molecule has 44 heavy (non-hydrogen) atoms. The van der Waals surface area contributed by atoms with Crippen LogP contribution in [0.1, 0.15) is 81.2 Å². The van der Waals surface area contributed by atoms with Crippen molar-refractivity contribution < 1.29 is 17.9 Å². The van der Waals surface area contributed by atoms with Crippen molar-refractivity contribution in [1.82, 2.24) is 10.2 Å². The fraction of sp³-hybridized carbons (Fsp3) is 0.514. The van der Waals surface area contributed by atoms with E-state index in [1.807, 2.05) is 60.4 Å². The van der Waals surface area contributed by atoms with E-state index in [1.54, 1.807) is 0 Å². The zero-order chi connectivity index (χ0) is 30.9. The average molecular weight is 606 g/mol. The van der Waals surface area contributed by atoms with Gasteiger partial charge in [0.05, 0.1) is 6.04 Å². The Balaban J connectivity index is 1.31. The Morgan fingerprint density at radius 3 is 2.36 bits per heavy atom. The number of nitrogens with one attached hydrogen (secondary N) is 1. The van der Waals surface area contributed by atoms with Crippen LogP contribution in [0.25, 0.3) is 0 Å². The molecule has 1 N–H and O–H groups in total. The standard InChI is InChI=1S/C37H46F3N3O/c1-26-20-28-21-30(44-24-27-8-5-4-6-9-27)10-11-31(28)35(43(26)25-36(2,3)40)34-32(38)22-29(23-33(34)39)42-18-7-12-37(15-19-42)13-16-41-17-14-37/h4-6,8-11,21-23,26,35,41H,7,12-20,24-25H2,1-3H3/t26-,35?/m1/s1. The maximum absolute atomic E-state index is 16.3. The molecule has 0 aliphatic carbocycles. The monoisotopic (exact) mass is 605 g/mol. The van der Waals surface area contributed by atoms with Crippen LogP contribution in [-0.4, -0.2) is 49.3 Å². The number of ether oxygens (including phenoxy) is 1. The molecule has 3 aromatic rings. The van der Waals surface area contributed by atoms with Gasteiger partial charge >= 0.3 is 0 Å².